The van der Waals surface area contributed by atoms with Gasteiger partial charge in [-0.25, -0.2) is 0 Å². The van der Waals surface area contributed by atoms with Gasteiger partial charge in [-0.15, -0.1) is 11.6 Å². The number of alkyl halides is 1. The van der Waals surface area contributed by atoms with Gasteiger partial charge in [0, 0.05) is 0 Å². The van der Waals surface area contributed by atoms with Gasteiger partial charge in [0.1, 0.15) is 11.6 Å². The molecule has 0 aliphatic heterocycles. The number of H-pyrrole nitrogens is 1. The molecule has 1 aromatic heterocycles. The van der Waals surface area contributed by atoms with E-state index in [-0.39, 0.29) is 5.88 Å². The van der Waals surface area contributed by atoms with Gasteiger partial charge in [-0.2, -0.15) is 0 Å². The van der Waals surface area contributed by atoms with E-state index >= 15 is 0 Å². The zero-order valence-electron chi connectivity index (χ0n) is 7.23. The molecule has 1 rings (SSSR count). The maximum Gasteiger partial charge on any atom is 0.286 e. The molecule has 0 bridgehead atoms. The lowest BCUT2D eigenvalue weighted by Gasteiger charge is -2.03. The van der Waals surface area contributed by atoms with Crippen LogP contribution in [0.4, 0.5) is 0 Å². The van der Waals surface area contributed by atoms with E-state index in [9.17, 15) is 9.59 Å². The molecule has 15 heavy (non-hydrogen) atoms. The number of hydrogen-bond acceptors (Lipinski definition) is 2. The Bertz CT molecular complexity index is 374. The van der Waals surface area contributed by atoms with Crippen LogP contribution >= 0.6 is 43.5 Å². The van der Waals surface area contributed by atoms with Crippen molar-refractivity contribution in [1.82, 2.24) is 15.8 Å². The smallest absolute Gasteiger partial charge is 0.286 e. The monoisotopic (exact) mass is 357 g/mol. The van der Waals surface area contributed by atoms with Gasteiger partial charge in [-0.1, -0.05) is 0 Å². The van der Waals surface area contributed by atoms with Gasteiger partial charge in [0.2, 0.25) is 0 Å². The maximum atomic E-state index is 11.4. The predicted molar refractivity (Wildman–Crippen MR) is 62.5 cm³/mol. The van der Waals surface area contributed by atoms with Crippen molar-refractivity contribution in [1.29, 1.82) is 0 Å². The fraction of sp³-hybridized carbons (Fsp3) is 0.143. The van der Waals surface area contributed by atoms with E-state index in [0.29, 0.717) is 10.3 Å². The van der Waals surface area contributed by atoms with Gasteiger partial charge in [0.15, 0.2) is 0 Å². The molecule has 8 heteroatoms. The number of hydrazine groups is 1. The summed E-state index contributed by atoms with van der Waals surface area (Å²) >= 11 is 11.6. The van der Waals surface area contributed by atoms with Crippen LogP contribution in [0.5, 0.6) is 0 Å². The number of amides is 2. The molecule has 82 valence electrons. The van der Waals surface area contributed by atoms with Crippen molar-refractivity contribution in [3.8, 4) is 0 Å². The first-order chi connectivity index (χ1) is 7.04. The summed E-state index contributed by atoms with van der Waals surface area (Å²) in [5.41, 5.74) is 4.64. The van der Waals surface area contributed by atoms with Crippen LogP contribution in [0.3, 0.4) is 0 Å². The van der Waals surface area contributed by atoms with Crippen LogP contribution in [-0.4, -0.2) is 22.7 Å². The van der Waals surface area contributed by atoms with Crippen LogP contribution in [0.25, 0.3) is 0 Å². The maximum absolute atomic E-state index is 11.4. The highest BCUT2D eigenvalue weighted by Gasteiger charge is 2.11. The van der Waals surface area contributed by atoms with Gasteiger partial charge in [0.25, 0.3) is 11.8 Å². The molecule has 0 aliphatic rings. The summed E-state index contributed by atoms with van der Waals surface area (Å²) < 4.78 is 1.37. The summed E-state index contributed by atoms with van der Waals surface area (Å²) in [6.07, 6.45) is 0. The van der Waals surface area contributed by atoms with Crippen LogP contribution < -0.4 is 10.9 Å². The van der Waals surface area contributed by atoms with Gasteiger partial charge < -0.3 is 4.98 Å². The lowest BCUT2D eigenvalue weighted by Crippen LogP contribution is -2.42. The SMILES string of the molecule is O=C(CCl)NNC(=O)c1cc(Br)c(Br)[nH]1. The third-order valence-corrected chi connectivity index (χ3v) is 3.43. The van der Waals surface area contributed by atoms with E-state index in [2.05, 4.69) is 47.7 Å². The van der Waals surface area contributed by atoms with Crippen molar-refractivity contribution in [3.63, 3.8) is 0 Å². The summed E-state index contributed by atoms with van der Waals surface area (Å²) in [5, 5.41) is 0. The Kier molecular flexibility index (Phi) is 4.62. The van der Waals surface area contributed by atoms with E-state index in [1.807, 2.05) is 0 Å². The van der Waals surface area contributed by atoms with Crippen LogP contribution in [0.1, 0.15) is 10.5 Å². The zero-order valence-corrected chi connectivity index (χ0v) is 11.2. The van der Waals surface area contributed by atoms with Crippen LogP contribution in [0.15, 0.2) is 15.1 Å². The van der Waals surface area contributed by atoms with Crippen molar-refractivity contribution < 1.29 is 9.59 Å². The summed E-state index contributed by atoms with van der Waals surface area (Å²) in [7, 11) is 0. The summed E-state index contributed by atoms with van der Waals surface area (Å²) in [5.74, 6) is -1.15. The number of carbonyl (C=O) groups is 2. The fourth-order valence-electron chi connectivity index (χ4n) is 0.754. The first-order valence-electron chi connectivity index (χ1n) is 3.73. The third kappa shape index (κ3) is 3.51. The Labute approximate surface area is 107 Å². The van der Waals surface area contributed by atoms with E-state index in [1.165, 1.54) is 0 Å². The minimum absolute atomic E-state index is 0.210. The van der Waals surface area contributed by atoms with Crippen LogP contribution in [0.2, 0.25) is 0 Å². The number of hydrogen-bond donors (Lipinski definition) is 3. The quantitative estimate of drug-likeness (QED) is 0.554. The minimum Gasteiger partial charge on any atom is -0.344 e. The highest BCUT2D eigenvalue weighted by molar-refractivity contribution is 9.13. The molecule has 0 radical (unpaired) electrons. The Hall–Kier alpha value is -0.530. The lowest BCUT2D eigenvalue weighted by molar-refractivity contribution is -0.119. The molecule has 3 N–H and O–H groups in total. The van der Waals surface area contributed by atoms with Crippen molar-refractivity contribution in [3.05, 3.63) is 20.8 Å². The first kappa shape index (κ1) is 12.5. The molecule has 0 spiro atoms. The number of nitrogens with one attached hydrogen (secondary N) is 3. The zero-order chi connectivity index (χ0) is 11.4. The molecular formula is C7H6Br2ClN3O2. The van der Waals surface area contributed by atoms with Gasteiger partial charge >= 0.3 is 0 Å². The molecule has 0 saturated heterocycles. The molecule has 0 aromatic carbocycles. The largest absolute Gasteiger partial charge is 0.344 e. The van der Waals surface area contributed by atoms with E-state index in [4.69, 9.17) is 11.6 Å². The van der Waals surface area contributed by atoms with E-state index in [0.717, 1.165) is 4.47 Å². The second kappa shape index (κ2) is 5.53. The average Bonchev–Trinajstić information content (AvgIpc) is 2.55. The molecule has 1 heterocycles. The Morgan fingerprint density at radius 3 is 2.53 bits per heavy atom. The molecule has 2 amide bonds. The molecule has 0 fully saturated rings. The van der Waals surface area contributed by atoms with Crippen molar-refractivity contribution in [2.24, 2.45) is 0 Å². The predicted octanol–water partition coefficient (Wildman–Crippen LogP) is 1.54. The first-order valence-corrected chi connectivity index (χ1v) is 5.85. The molecule has 0 saturated carbocycles. The van der Waals surface area contributed by atoms with Gasteiger partial charge in [0.05, 0.1) is 9.08 Å². The summed E-state index contributed by atoms with van der Waals surface area (Å²) in [6, 6.07) is 1.58. The summed E-state index contributed by atoms with van der Waals surface area (Å²) in [6.45, 7) is 0. The Balaban J connectivity index is 2.58. The second-order valence-electron chi connectivity index (χ2n) is 2.48. The molecule has 0 atom stereocenters. The van der Waals surface area contributed by atoms with Crippen molar-refractivity contribution in [2.45, 2.75) is 0 Å². The minimum atomic E-state index is -0.477. The number of aromatic nitrogens is 1. The topological polar surface area (TPSA) is 74.0 Å². The van der Waals surface area contributed by atoms with Gasteiger partial charge in [-0.3, -0.25) is 20.4 Å². The fourth-order valence-corrected chi connectivity index (χ4v) is 1.48. The van der Waals surface area contributed by atoms with E-state index in [1.54, 1.807) is 6.07 Å². The number of halogens is 3. The molecule has 0 unspecified atom stereocenters. The Morgan fingerprint density at radius 1 is 1.40 bits per heavy atom. The standard InChI is InChI=1S/C7H6Br2ClN3O2/c8-3-1-4(11-6(3)9)7(15)13-12-5(14)2-10/h1,11H,2H2,(H,12,14)(H,13,15). The van der Waals surface area contributed by atoms with Crippen LogP contribution in [-0.2, 0) is 4.79 Å². The normalized spacial score (nSPS) is 9.80. The number of aromatic amines is 1. The number of carbonyl (C=O) groups excluding carboxylic acids is 2. The summed E-state index contributed by atoms with van der Waals surface area (Å²) in [4.78, 5) is 24.9. The number of rotatable bonds is 2. The molecular weight excluding hydrogens is 353 g/mol. The average molecular weight is 359 g/mol. The molecule has 1 aromatic rings. The Morgan fingerprint density at radius 2 is 2.07 bits per heavy atom. The second-order valence-corrected chi connectivity index (χ2v) is 4.40. The molecule has 0 aliphatic carbocycles. The van der Waals surface area contributed by atoms with Crippen molar-refractivity contribution in [2.75, 3.05) is 5.88 Å². The van der Waals surface area contributed by atoms with Crippen molar-refractivity contribution >= 4 is 55.3 Å². The highest BCUT2D eigenvalue weighted by Crippen LogP contribution is 2.22. The third-order valence-electron chi connectivity index (χ3n) is 1.41. The van der Waals surface area contributed by atoms with E-state index < -0.39 is 11.8 Å². The van der Waals surface area contributed by atoms with Gasteiger partial charge in [-0.05, 0) is 37.9 Å². The lowest BCUT2D eigenvalue weighted by atomic mass is 10.4. The van der Waals surface area contributed by atoms with Crippen LogP contribution in [0, 0.1) is 0 Å². The molecule has 5 nitrogen and oxygen atoms in total. The highest BCUT2D eigenvalue weighted by atomic mass is 79.9.